The number of rotatable bonds is 10. The molecule has 0 spiro atoms. The van der Waals surface area contributed by atoms with E-state index in [1.165, 1.54) is 12.8 Å². The van der Waals surface area contributed by atoms with E-state index in [4.69, 9.17) is 9.47 Å². The number of ether oxygens (including phenoxy) is 2. The van der Waals surface area contributed by atoms with Crippen LogP contribution in [-0.2, 0) is 4.74 Å². The van der Waals surface area contributed by atoms with Crippen molar-refractivity contribution in [3.63, 3.8) is 0 Å². The van der Waals surface area contributed by atoms with Crippen LogP contribution in [0.1, 0.15) is 26.2 Å². The summed E-state index contributed by atoms with van der Waals surface area (Å²) in [7, 11) is 3.64. The number of hydrogen-bond acceptors (Lipinski definition) is 6. The van der Waals surface area contributed by atoms with E-state index in [9.17, 15) is 0 Å². The molecule has 0 amide bonds. The van der Waals surface area contributed by atoms with Gasteiger partial charge in [-0.25, -0.2) is 9.97 Å². The normalized spacial score (nSPS) is 14.0. The monoisotopic (exact) mass is 294 g/mol. The highest BCUT2D eigenvalue weighted by molar-refractivity contribution is 5.64. The molecule has 0 radical (unpaired) electrons. The first-order valence-corrected chi connectivity index (χ1v) is 7.68. The maximum Gasteiger partial charge on any atom is 0.204 e. The van der Waals surface area contributed by atoms with Crippen molar-refractivity contribution in [3.8, 4) is 5.75 Å². The van der Waals surface area contributed by atoms with E-state index < -0.39 is 0 Å². The van der Waals surface area contributed by atoms with Crippen molar-refractivity contribution in [1.82, 2.24) is 9.97 Å². The van der Waals surface area contributed by atoms with E-state index in [1.807, 2.05) is 11.9 Å². The second-order valence-electron chi connectivity index (χ2n) is 5.45. The molecule has 1 N–H and O–H groups in total. The zero-order chi connectivity index (χ0) is 15.1. The minimum absolute atomic E-state index is 0.690. The lowest BCUT2D eigenvalue weighted by Crippen LogP contribution is -2.25. The number of nitrogens with one attached hydrogen (secondary N) is 1. The highest BCUT2D eigenvalue weighted by Crippen LogP contribution is 2.31. The Morgan fingerprint density at radius 3 is 2.86 bits per heavy atom. The Morgan fingerprint density at radius 1 is 1.38 bits per heavy atom. The van der Waals surface area contributed by atoms with Gasteiger partial charge in [0.1, 0.15) is 6.33 Å². The first-order chi connectivity index (χ1) is 10.3. The van der Waals surface area contributed by atoms with Crippen molar-refractivity contribution in [2.24, 2.45) is 5.92 Å². The van der Waals surface area contributed by atoms with Crippen LogP contribution >= 0.6 is 0 Å². The van der Waals surface area contributed by atoms with E-state index in [-0.39, 0.29) is 0 Å². The first-order valence-electron chi connectivity index (χ1n) is 7.68. The molecule has 0 atom stereocenters. The lowest BCUT2D eigenvalue weighted by atomic mass is 10.4. The molecule has 6 heteroatoms. The van der Waals surface area contributed by atoms with E-state index in [2.05, 4.69) is 22.2 Å². The highest BCUT2D eigenvalue weighted by atomic mass is 16.5. The minimum Gasteiger partial charge on any atom is -0.490 e. The van der Waals surface area contributed by atoms with Gasteiger partial charge in [0.25, 0.3) is 0 Å². The summed E-state index contributed by atoms with van der Waals surface area (Å²) in [6, 6.07) is 0. The molecule has 1 fully saturated rings. The van der Waals surface area contributed by atoms with Crippen molar-refractivity contribution in [3.05, 3.63) is 6.33 Å². The fourth-order valence-electron chi connectivity index (χ4n) is 2.04. The molecule has 0 saturated heterocycles. The van der Waals surface area contributed by atoms with Crippen molar-refractivity contribution in [1.29, 1.82) is 0 Å². The molecular weight excluding hydrogens is 268 g/mol. The number of anilines is 2. The van der Waals surface area contributed by atoms with Crippen LogP contribution in [0.15, 0.2) is 6.33 Å². The average molecular weight is 294 g/mol. The summed E-state index contributed by atoms with van der Waals surface area (Å²) in [5.74, 6) is 3.03. The molecular formula is C15H26N4O2. The summed E-state index contributed by atoms with van der Waals surface area (Å²) in [6.07, 6.45) is 5.24. The molecule has 6 nitrogen and oxygen atoms in total. The molecule has 1 aliphatic rings. The summed E-state index contributed by atoms with van der Waals surface area (Å²) in [4.78, 5) is 10.6. The van der Waals surface area contributed by atoms with Crippen molar-refractivity contribution >= 4 is 11.6 Å². The van der Waals surface area contributed by atoms with Crippen LogP contribution < -0.4 is 15.0 Å². The van der Waals surface area contributed by atoms with Gasteiger partial charge in [0.15, 0.2) is 11.6 Å². The lowest BCUT2D eigenvalue weighted by molar-refractivity contribution is 0.130. The molecule has 1 saturated carbocycles. The number of likely N-dealkylation sites (N-methyl/N-ethyl adjacent to an activating group) is 1. The Labute approximate surface area is 126 Å². The Kier molecular flexibility index (Phi) is 6.04. The smallest absolute Gasteiger partial charge is 0.204 e. The van der Waals surface area contributed by atoms with Gasteiger partial charge in [0, 0.05) is 26.7 Å². The summed E-state index contributed by atoms with van der Waals surface area (Å²) >= 11 is 0. The van der Waals surface area contributed by atoms with E-state index >= 15 is 0 Å². The number of hydrogen-bond donors (Lipinski definition) is 1. The quantitative estimate of drug-likeness (QED) is 0.667. The third kappa shape index (κ3) is 4.74. The maximum absolute atomic E-state index is 5.68. The number of nitrogens with zero attached hydrogens (tertiary/aromatic N) is 3. The van der Waals surface area contributed by atoms with Gasteiger partial charge in [-0.1, -0.05) is 6.92 Å². The van der Waals surface area contributed by atoms with Gasteiger partial charge in [-0.3, -0.25) is 0 Å². The molecule has 118 valence electrons. The second kappa shape index (κ2) is 8.02. The van der Waals surface area contributed by atoms with Gasteiger partial charge in [-0.2, -0.15) is 0 Å². The van der Waals surface area contributed by atoms with Crippen LogP contribution in [0.3, 0.4) is 0 Å². The average Bonchev–Trinajstić information content (AvgIpc) is 3.33. The van der Waals surface area contributed by atoms with Crippen LogP contribution in [0.2, 0.25) is 0 Å². The fraction of sp³-hybridized carbons (Fsp3) is 0.733. The molecule has 1 aromatic rings. The Morgan fingerprint density at radius 2 is 2.19 bits per heavy atom. The number of methoxy groups -OCH3 is 1. The van der Waals surface area contributed by atoms with Gasteiger partial charge < -0.3 is 19.7 Å². The van der Waals surface area contributed by atoms with Gasteiger partial charge in [0.05, 0.1) is 13.7 Å². The summed E-state index contributed by atoms with van der Waals surface area (Å²) in [6.45, 7) is 5.36. The van der Waals surface area contributed by atoms with Crippen molar-refractivity contribution in [2.45, 2.75) is 26.2 Å². The van der Waals surface area contributed by atoms with Crippen LogP contribution in [0.5, 0.6) is 5.75 Å². The first kappa shape index (κ1) is 15.8. The maximum atomic E-state index is 5.68. The van der Waals surface area contributed by atoms with Crippen LogP contribution in [0, 0.1) is 5.92 Å². The molecule has 1 aromatic heterocycles. The molecule has 2 rings (SSSR count). The summed E-state index contributed by atoms with van der Waals surface area (Å²) in [5, 5.41) is 3.27. The molecule has 1 heterocycles. The molecule has 0 unspecified atom stereocenters. The van der Waals surface area contributed by atoms with Crippen LogP contribution in [-0.4, -0.2) is 50.4 Å². The van der Waals surface area contributed by atoms with Crippen LogP contribution in [0.25, 0.3) is 0 Å². The standard InChI is InChI=1S/C15H26N4O2/c1-4-7-16-14-13(20-3)15(18-11-17-14)19(2)8-9-21-10-12-5-6-12/h11-12H,4-10H2,1-3H3,(H,16,17,18). The Bertz CT molecular complexity index is 438. The van der Waals surface area contributed by atoms with E-state index in [0.29, 0.717) is 12.4 Å². The summed E-state index contributed by atoms with van der Waals surface area (Å²) < 4.78 is 11.2. The molecule has 1 aliphatic carbocycles. The summed E-state index contributed by atoms with van der Waals surface area (Å²) in [5.41, 5.74) is 0. The highest BCUT2D eigenvalue weighted by Gasteiger charge is 2.21. The van der Waals surface area contributed by atoms with Crippen LogP contribution in [0.4, 0.5) is 11.6 Å². The second-order valence-corrected chi connectivity index (χ2v) is 5.45. The number of aromatic nitrogens is 2. The Hall–Kier alpha value is -1.56. The van der Waals surface area contributed by atoms with Crippen molar-refractivity contribution < 1.29 is 9.47 Å². The van der Waals surface area contributed by atoms with Gasteiger partial charge in [-0.05, 0) is 25.2 Å². The fourth-order valence-corrected chi connectivity index (χ4v) is 2.04. The zero-order valence-corrected chi connectivity index (χ0v) is 13.3. The van der Waals surface area contributed by atoms with E-state index in [0.717, 1.165) is 43.7 Å². The zero-order valence-electron chi connectivity index (χ0n) is 13.3. The third-order valence-corrected chi connectivity index (χ3v) is 3.51. The topological polar surface area (TPSA) is 59.5 Å². The SMILES string of the molecule is CCCNc1ncnc(N(C)CCOCC2CC2)c1OC. The lowest BCUT2D eigenvalue weighted by Gasteiger charge is -2.21. The van der Waals surface area contributed by atoms with Gasteiger partial charge in [-0.15, -0.1) is 0 Å². The molecule has 0 aliphatic heterocycles. The minimum atomic E-state index is 0.690. The van der Waals surface area contributed by atoms with Crippen molar-refractivity contribution in [2.75, 3.05) is 50.7 Å². The van der Waals surface area contributed by atoms with Gasteiger partial charge >= 0.3 is 0 Å². The van der Waals surface area contributed by atoms with Gasteiger partial charge in [0.2, 0.25) is 5.75 Å². The largest absolute Gasteiger partial charge is 0.490 e. The predicted molar refractivity (Wildman–Crippen MR) is 84.2 cm³/mol. The molecule has 0 aromatic carbocycles. The van der Waals surface area contributed by atoms with E-state index in [1.54, 1.807) is 13.4 Å². The predicted octanol–water partition coefficient (Wildman–Crippen LogP) is 2.17. The molecule has 21 heavy (non-hydrogen) atoms. The Balaban J connectivity index is 1.92. The molecule has 0 bridgehead atoms. The third-order valence-electron chi connectivity index (χ3n) is 3.51.